The molecule has 6 nitrogen and oxygen atoms in total. The molecule has 0 aliphatic carbocycles. The van der Waals surface area contributed by atoms with E-state index < -0.39 is 0 Å². The summed E-state index contributed by atoms with van der Waals surface area (Å²) in [7, 11) is 1.35. The molecular formula is C26H22O6. The van der Waals surface area contributed by atoms with Gasteiger partial charge in [0.15, 0.2) is 5.76 Å². The van der Waals surface area contributed by atoms with Crippen LogP contribution in [0.5, 0.6) is 17.2 Å². The van der Waals surface area contributed by atoms with Gasteiger partial charge in [0.25, 0.3) is 0 Å². The number of ether oxygens (including phenoxy) is 4. The van der Waals surface area contributed by atoms with E-state index in [9.17, 15) is 9.59 Å². The Morgan fingerprint density at radius 2 is 1.66 bits per heavy atom. The number of Topliss-reactive ketones (excluding diaryl/α,β-unsaturated/α-hetero) is 1. The highest BCUT2D eigenvalue weighted by Gasteiger charge is 2.27. The van der Waals surface area contributed by atoms with Crippen molar-refractivity contribution in [3.8, 4) is 17.2 Å². The van der Waals surface area contributed by atoms with E-state index in [1.807, 2.05) is 31.2 Å². The first-order chi connectivity index (χ1) is 15.6. The molecule has 0 bridgehead atoms. The lowest BCUT2D eigenvalue weighted by Crippen LogP contribution is -2.02. The van der Waals surface area contributed by atoms with Gasteiger partial charge in [0, 0.05) is 6.07 Å². The minimum atomic E-state index is -0.382. The molecule has 0 spiro atoms. The molecule has 32 heavy (non-hydrogen) atoms. The highest BCUT2D eigenvalue weighted by Crippen LogP contribution is 2.35. The summed E-state index contributed by atoms with van der Waals surface area (Å²) in [4.78, 5) is 24.2. The van der Waals surface area contributed by atoms with Gasteiger partial charge in [-0.15, -0.1) is 0 Å². The van der Waals surface area contributed by atoms with Crippen LogP contribution in [0.25, 0.3) is 6.08 Å². The van der Waals surface area contributed by atoms with Gasteiger partial charge in [-0.25, -0.2) is 4.79 Å². The molecule has 4 rings (SSSR count). The van der Waals surface area contributed by atoms with E-state index in [-0.39, 0.29) is 17.5 Å². The van der Waals surface area contributed by atoms with Gasteiger partial charge in [-0.1, -0.05) is 24.3 Å². The summed E-state index contributed by atoms with van der Waals surface area (Å²) in [6.45, 7) is 2.83. The first-order valence-corrected chi connectivity index (χ1v) is 10.2. The summed E-state index contributed by atoms with van der Waals surface area (Å²) in [5.41, 5.74) is 2.72. The van der Waals surface area contributed by atoms with Gasteiger partial charge in [-0.3, -0.25) is 4.79 Å². The molecule has 0 saturated heterocycles. The Balaban J connectivity index is 1.43. The lowest BCUT2D eigenvalue weighted by Gasteiger charge is -2.08. The molecule has 0 amide bonds. The number of rotatable bonds is 7. The van der Waals surface area contributed by atoms with Crippen LogP contribution in [0.1, 0.15) is 38.8 Å². The Kier molecular flexibility index (Phi) is 6.22. The molecule has 0 unspecified atom stereocenters. The molecule has 1 aliphatic heterocycles. The van der Waals surface area contributed by atoms with Crippen molar-refractivity contribution in [2.24, 2.45) is 0 Å². The molecule has 0 fully saturated rings. The maximum atomic E-state index is 12.7. The fourth-order valence-corrected chi connectivity index (χ4v) is 3.26. The minimum Gasteiger partial charge on any atom is -0.494 e. The number of hydrogen-bond donors (Lipinski definition) is 0. The quantitative estimate of drug-likeness (QED) is 0.385. The van der Waals surface area contributed by atoms with Gasteiger partial charge in [0.1, 0.15) is 23.9 Å². The zero-order valence-electron chi connectivity index (χ0n) is 17.8. The molecule has 3 aromatic rings. The summed E-state index contributed by atoms with van der Waals surface area (Å²) < 4.78 is 21.8. The highest BCUT2D eigenvalue weighted by atomic mass is 16.5. The summed E-state index contributed by atoms with van der Waals surface area (Å²) in [6, 6.07) is 19.6. The van der Waals surface area contributed by atoms with E-state index in [0.29, 0.717) is 35.8 Å². The maximum Gasteiger partial charge on any atom is 0.337 e. The molecule has 6 heteroatoms. The van der Waals surface area contributed by atoms with Crippen LogP contribution in [0, 0.1) is 0 Å². The Morgan fingerprint density at radius 1 is 0.938 bits per heavy atom. The van der Waals surface area contributed by atoms with Crippen molar-refractivity contribution in [2.45, 2.75) is 13.5 Å². The molecule has 3 aromatic carbocycles. The normalized spacial score (nSPS) is 13.4. The molecule has 162 valence electrons. The van der Waals surface area contributed by atoms with Gasteiger partial charge >= 0.3 is 5.97 Å². The Bertz CT molecular complexity index is 1160. The fraction of sp³-hybridized carbons (Fsp3) is 0.154. The Labute approximate surface area is 186 Å². The number of esters is 1. The molecule has 1 heterocycles. The number of carbonyl (C=O) groups excluding carboxylic acids is 2. The molecule has 0 N–H and O–H groups in total. The van der Waals surface area contributed by atoms with Crippen LogP contribution in [-0.2, 0) is 11.3 Å². The molecule has 0 saturated carbocycles. The van der Waals surface area contributed by atoms with E-state index >= 15 is 0 Å². The van der Waals surface area contributed by atoms with Crippen molar-refractivity contribution in [2.75, 3.05) is 13.7 Å². The van der Waals surface area contributed by atoms with Gasteiger partial charge in [-0.05, 0) is 60.5 Å². The molecule has 0 aromatic heterocycles. The summed E-state index contributed by atoms with van der Waals surface area (Å²) >= 11 is 0. The van der Waals surface area contributed by atoms with E-state index in [2.05, 4.69) is 0 Å². The van der Waals surface area contributed by atoms with Crippen LogP contribution < -0.4 is 14.2 Å². The highest BCUT2D eigenvalue weighted by molar-refractivity contribution is 6.14. The Hall–Kier alpha value is -4.06. The number of fused-ring (bicyclic) bond motifs is 1. The Morgan fingerprint density at radius 3 is 2.34 bits per heavy atom. The molecule has 0 radical (unpaired) electrons. The van der Waals surface area contributed by atoms with Gasteiger partial charge in [-0.2, -0.15) is 0 Å². The third kappa shape index (κ3) is 4.64. The summed E-state index contributed by atoms with van der Waals surface area (Å²) in [6.07, 6.45) is 1.71. The maximum absolute atomic E-state index is 12.7. The zero-order valence-corrected chi connectivity index (χ0v) is 17.8. The van der Waals surface area contributed by atoms with Crippen molar-refractivity contribution in [1.82, 2.24) is 0 Å². The van der Waals surface area contributed by atoms with Crippen molar-refractivity contribution in [1.29, 1.82) is 0 Å². The SMILES string of the molecule is CCOc1ccc(C=C2Oc3cc(OCc4ccc(C(=O)OC)cc4)ccc3C2=O)cc1. The summed E-state index contributed by atoms with van der Waals surface area (Å²) in [5.74, 6) is 1.53. The van der Waals surface area contributed by atoms with E-state index in [4.69, 9.17) is 18.9 Å². The van der Waals surface area contributed by atoms with Gasteiger partial charge in [0.2, 0.25) is 5.78 Å². The molecule has 1 aliphatic rings. The van der Waals surface area contributed by atoms with Gasteiger partial charge < -0.3 is 18.9 Å². The topological polar surface area (TPSA) is 71.1 Å². The van der Waals surface area contributed by atoms with Crippen LogP contribution in [0.4, 0.5) is 0 Å². The van der Waals surface area contributed by atoms with Crippen LogP contribution in [0.3, 0.4) is 0 Å². The molecular weight excluding hydrogens is 408 g/mol. The van der Waals surface area contributed by atoms with Crippen molar-refractivity contribution in [3.63, 3.8) is 0 Å². The van der Waals surface area contributed by atoms with Crippen LogP contribution in [0.2, 0.25) is 0 Å². The number of ketones is 1. The largest absolute Gasteiger partial charge is 0.494 e. The van der Waals surface area contributed by atoms with Crippen molar-refractivity contribution in [3.05, 3.63) is 94.7 Å². The standard InChI is InChI=1S/C26H22O6/c1-3-30-20-10-6-17(7-11-20)14-24-25(27)22-13-12-21(15-23(22)32-24)31-16-18-4-8-19(9-5-18)26(28)29-2/h4-15H,3,16H2,1-2H3. The smallest absolute Gasteiger partial charge is 0.337 e. The number of hydrogen-bond acceptors (Lipinski definition) is 6. The second-order valence-corrected chi connectivity index (χ2v) is 7.08. The second-order valence-electron chi connectivity index (χ2n) is 7.08. The molecule has 0 atom stereocenters. The van der Waals surface area contributed by atoms with Crippen LogP contribution in [0.15, 0.2) is 72.5 Å². The average Bonchev–Trinajstić information content (AvgIpc) is 3.13. The van der Waals surface area contributed by atoms with E-state index in [1.165, 1.54) is 7.11 Å². The summed E-state index contributed by atoms with van der Waals surface area (Å²) in [5, 5.41) is 0. The van der Waals surface area contributed by atoms with Crippen LogP contribution in [-0.4, -0.2) is 25.5 Å². The van der Waals surface area contributed by atoms with Crippen molar-refractivity contribution < 1.29 is 28.5 Å². The van der Waals surface area contributed by atoms with E-state index in [0.717, 1.165) is 16.9 Å². The predicted molar refractivity (Wildman–Crippen MR) is 119 cm³/mol. The lowest BCUT2D eigenvalue weighted by atomic mass is 10.1. The first-order valence-electron chi connectivity index (χ1n) is 10.2. The predicted octanol–water partition coefficient (Wildman–Crippen LogP) is 5.07. The first kappa shape index (κ1) is 21.2. The minimum absolute atomic E-state index is 0.168. The monoisotopic (exact) mass is 430 g/mol. The third-order valence-electron chi connectivity index (χ3n) is 4.91. The number of methoxy groups -OCH3 is 1. The zero-order chi connectivity index (χ0) is 22.5. The van der Waals surface area contributed by atoms with Gasteiger partial charge in [0.05, 0.1) is 24.8 Å². The van der Waals surface area contributed by atoms with Crippen LogP contribution >= 0.6 is 0 Å². The lowest BCUT2D eigenvalue weighted by molar-refractivity contribution is 0.0600. The number of carbonyl (C=O) groups is 2. The average molecular weight is 430 g/mol. The number of allylic oxidation sites excluding steroid dienone is 1. The third-order valence-corrected chi connectivity index (χ3v) is 4.91. The second kappa shape index (κ2) is 9.39. The fourth-order valence-electron chi connectivity index (χ4n) is 3.26. The van der Waals surface area contributed by atoms with Crippen molar-refractivity contribution >= 4 is 17.8 Å². The van der Waals surface area contributed by atoms with E-state index in [1.54, 1.807) is 48.5 Å². The number of benzene rings is 3.